The summed E-state index contributed by atoms with van der Waals surface area (Å²) in [6.07, 6.45) is -4.56. The summed E-state index contributed by atoms with van der Waals surface area (Å²) in [5, 5.41) is 28.4. The third-order valence-electron chi connectivity index (χ3n) is 2.20. The SMILES string of the molecule is N#CC(C#N)=C(C#N)Nc1c(Cl)cc(C(F)(F)F)cc1I. The Morgan fingerprint density at radius 1 is 1.14 bits per heavy atom. The van der Waals surface area contributed by atoms with Crippen molar-refractivity contribution in [1.29, 1.82) is 15.8 Å². The minimum atomic E-state index is -4.56. The topological polar surface area (TPSA) is 83.4 Å². The highest BCUT2D eigenvalue weighted by Gasteiger charge is 2.32. The van der Waals surface area contributed by atoms with Crippen LogP contribution in [-0.4, -0.2) is 0 Å². The molecule has 4 nitrogen and oxygen atoms in total. The van der Waals surface area contributed by atoms with Crippen molar-refractivity contribution in [3.63, 3.8) is 0 Å². The molecular formula is C12H3ClF3IN4. The summed E-state index contributed by atoms with van der Waals surface area (Å²) in [6.45, 7) is 0. The van der Waals surface area contributed by atoms with Crippen LogP contribution in [0.4, 0.5) is 18.9 Å². The molecule has 0 spiro atoms. The van der Waals surface area contributed by atoms with Crippen LogP contribution in [0.1, 0.15) is 5.56 Å². The zero-order valence-electron chi connectivity index (χ0n) is 9.89. The quantitative estimate of drug-likeness (QED) is 0.572. The average Bonchev–Trinajstić information content (AvgIpc) is 2.40. The van der Waals surface area contributed by atoms with Crippen molar-refractivity contribution in [3.8, 4) is 18.2 Å². The number of benzene rings is 1. The van der Waals surface area contributed by atoms with Gasteiger partial charge in [-0.15, -0.1) is 0 Å². The summed E-state index contributed by atoms with van der Waals surface area (Å²) in [7, 11) is 0. The average molecular weight is 423 g/mol. The Hall–Kier alpha value is -1.96. The molecule has 0 saturated heterocycles. The summed E-state index contributed by atoms with van der Waals surface area (Å²) < 4.78 is 37.9. The fourth-order valence-corrected chi connectivity index (χ4v) is 2.45. The van der Waals surface area contributed by atoms with Crippen LogP contribution in [0.25, 0.3) is 0 Å². The van der Waals surface area contributed by atoms with E-state index in [1.807, 2.05) is 0 Å². The predicted molar refractivity (Wildman–Crippen MR) is 76.7 cm³/mol. The van der Waals surface area contributed by atoms with Crippen LogP contribution < -0.4 is 5.32 Å². The second-order valence-corrected chi connectivity index (χ2v) is 5.09. The smallest absolute Gasteiger partial charge is 0.343 e. The second-order valence-electron chi connectivity index (χ2n) is 3.52. The van der Waals surface area contributed by atoms with Crippen LogP contribution in [0, 0.1) is 37.6 Å². The largest absolute Gasteiger partial charge is 0.416 e. The molecule has 0 bridgehead atoms. The summed E-state index contributed by atoms with van der Waals surface area (Å²) in [4.78, 5) is 0. The van der Waals surface area contributed by atoms with Gasteiger partial charge < -0.3 is 5.32 Å². The van der Waals surface area contributed by atoms with E-state index < -0.39 is 17.3 Å². The number of anilines is 1. The number of hydrogen-bond donors (Lipinski definition) is 1. The fraction of sp³-hybridized carbons (Fsp3) is 0.0833. The lowest BCUT2D eigenvalue weighted by molar-refractivity contribution is -0.137. The molecule has 0 aliphatic rings. The highest BCUT2D eigenvalue weighted by Crippen LogP contribution is 2.37. The van der Waals surface area contributed by atoms with E-state index in [1.165, 1.54) is 12.1 Å². The molecule has 0 amide bonds. The molecule has 0 heterocycles. The zero-order chi connectivity index (χ0) is 16.2. The summed E-state index contributed by atoms with van der Waals surface area (Å²) >= 11 is 7.37. The Bertz CT molecular complexity index is 696. The molecule has 0 aliphatic carbocycles. The van der Waals surface area contributed by atoms with Gasteiger partial charge in [0.1, 0.15) is 23.9 Å². The fourth-order valence-electron chi connectivity index (χ4n) is 1.26. The van der Waals surface area contributed by atoms with E-state index in [0.29, 0.717) is 6.07 Å². The number of alkyl halides is 3. The van der Waals surface area contributed by atoms with E-state index in [-0.39, 0.29) is 20.0 Å². The van der Waals surface area contributed by atoms with E-state index in [1.54, 1.807) is 28.7 Å². The normalized spacial score (nSPS) is 10.0. The maximum Gasteiger partial charge on any atom is 0.416 e. The van der Waals surface area contributed by atoms with Crippen LogP contribution in [0.2, 0.25) is 5.02 Å². The first kappa shape index (κ1) is 17.1. The lowest BCUT2D eigenvalue weighted by atomic mass is 10.2. The second kappa shape index (κ2) is 6.66. The van der Waals surface area contributed by atoms with Crippen LogP contribution in [0.5, 0.6) is 0 Å². The van der Waals surface area contributed by atoms with Crippen LogP contribution in [0.3, 0.4) is 0 Å². The van der Waals surface area contributed by atoms with Crippen molar-refractivity contribution < 1.29 is 13.2 Å². The Morgan fingerprint density at radius 3 is 2.10 bits per heavy atom. The van der Waals surface area contributed by atoms with Crippen LogP contribution in [0.15, 0.2) is 23.4 Å². The van der Waals surface area contributed by atoms with Gasteiger partial charge in [-0.3, -0.25) is 0 Å². The first-order valence-electron chi connectivity index (χ1n) is 5.02. The molecule has 9 heteroatoms. The molecule has 106 valence electrons. The van der Waals surface area contributed by atoms with Gasteiger partial charge in [0.15, 0.2) is 5.57 Å². The van der Waals surface area contributed by atoms with Crippen molar-refractivity contribution in [3.05, 3.63) is 37.6 Å². The lowest BCUT2D eigenvalue weighted by Gasteiger charge is -2.13. The molecule has 1 aromatic rings. The summed E-state index contributed by atoms with van der Waals surface area (Å²) in [5.74, 6) is 0. The number of hydrogen-bond acceptors (Lipinski definition) is 4. The highest BCUT2D eigenvalue weighted by atomic mass is 127. The van der Waals surface area contributed by atoms with Gasteiger partial charge in [0.2, 0.25) is 0 Å². The molecule has 0 unspecified atom stereocenters. The third kappa shape index (κ3) is 4.01. The van der Waals surface area contributed by atoms with Gasteiger partial charge in [-0.1, -0.05) is 11.6 Å². The number of halogens is 5. The third-order valence-corrected chi connectivity index (χ3v) is 3.35. The van der Waals surface area contributed by atoms with E-state index in [9.17, 15) is 13.2 Å². The Balaban J connectivity index is 3.37. The molecular weight excluding hydrogens is 420 g/mol. The monoisotopic (exact) mass is 422 g/mol. The number of allylic oxidation sites excluding steroid dienone is 2. The number of nitriles is 3. The summed E-state index contributed by atoms with van der Waals surface area (Å²) in [6, 6.07) is 6.13. The van der Waals surface area contributed by atoms with Crippen molar-refractivity contribution in [2.45, 2.75) is 6.18 Å². The van der Waals surface area contributed by atoms with E-state index in [4.69, 9.17) is 27.4 Å². The van der Waals surface area contributed by atoms with Gasteiger partial charge in [0.25, 0.3) is 0 Å². The standard InChI is InChI=1S/C12H3ClF3IN4/c13-8-1-7(12(14,15)16)2-9(17)11(8)21-10(5-20)6(3-18)4-19/h1-2,21H. The van der Waals surface area contributed by atoms with Gasteiger partial charge in [-0.05, 0) is 34.7 Å². The van der Waals surface area contributed by atoms with E-state index >= 15 is 0 Å². The van der Waals surface area contributed by atoms with Crippen molar-refractivity contribution in [2.24, 2.45) is 0 Å². The first-order chi connectivity index (χ1) is 9.74. The Morgan fingerprint density at radius 2 is 1.71 bits per heavy atom. The maximum absolute atomic E-state index is 12.6. The molecule has 21 heavy (non-hydrogen) atoms. The number of nitrogens with zero attached hydrogens (tertiary/aromatic N) is 3. The number of nitrogens with one attached hydrogen (secondary N) is 1. The molecule has 1 rings (SSSR count). The van der Waals surface area contributed by atoms with E-state index in [0.717, 1.165) is 6.07 Å². The minimum absolute atomic E-state index is 0.0183. The van der Waals surface area contributed by atoms with Crippen molar-refractivity contribution in [1.82, 2.24) is 0 Å². The van der Waals surface area contributed by atoms with Crippen molar-refractivity contribution in [2.75, 3.05) is 5.32 Å². The maximum atomic E-state index is 12.6. The Labute approximate surface area is 136 Å². The minimum Gasteiger partial charge on any atom is -0.343 e. The van der Waals surface area contributed by atoms with Gasteiger partial charge in [0, 0.05) is 3.57 Å². The molecule has 0 aliphatic heterocycles. The van der Waals surface area contributed by atoms with E-state index in [2.05, 4.69) is 5.32 Å². The highest BCUT2D eigenvalue weighted by molar-refractivity contribution is 14.1. The molecule has 0 saturated carbocycles. The van der Waals surface area contributed by atoms with Gasteiger partial charge in [-0.2, -0.15) is 29.0 Å². The summed E-state index contributed by atoms with van der Waals surface area (Å²) in [5.41, 5.74) is -1.81. The molecule has 1 aromatic carbocycles. The van der Waals surface area contributed by atoms with Gasteiger partial charge in [0.05, 0.1) is 16.3 Å². The number of rotatable bonds is 2. The zero-order valence-corrected chi connectivity index (χ0v) is 12.8. The molecule has 0 atom stereocenters. The van der Waals surface area contributed by atoms with Gasteiger partial charge >= 0.3 is 6.18 Å². The lowest BCUT2D eigenvalue weighted by Crippen LogP contribution is -2.08. The Kier molecular flexibility index (Phi) is 5.42. The molecule has 0 aromatic heterocycles. The first-order valence-corrected chi connectivity index (χ1v) is 6.48. The molecule has 0 fully saturated rings. The van der Waals surface area contributed by atoms with Crippen molar-refractivity contribution >= 4 is 39.9 Å². The predicted octanol–water partition coefficient (Wildman–Crippen LogP) is 4.20. The van der Waals surface area contributed by atoms with Crippen LogP contribution in [-0.2, 0) is 6.18 Å². The molecule has 0 radical (unpaired) electrons. The van der Waals surface area contributed by atoms with Crippen LogP contribution >= 0.6 is 34.2 Å². The van der Waals surface area contributed by atoms with Gasteiger partial charge in [-0.25, -0.2) is 0 Å². The molecule has 1 N–H and O–H groups in total.